The molecule has 0 bridgehead atoms. The Morgan fingerprint density at radius 3 is 2.78 bits per heavy atom. The monoisotopic (exact) mass is 330 g/mol. The van der Waals surface area contributed by atoms with Gasteiger partial charge in [0.2, 0.25) is 0 Å². The average Bonchev–Trinajstić information content (AvgIpc) is 2.97. The van der Waals surface area contributed by atoms with Crippen molar-refractivity contribution in [1.29, 1.82) is 0 Å². The molecule has 0 radical (unpaired) electrons. The molecule has 1 aliphatic rings. The lowest BCUT2D eigenvalue weighted by molar-refractivity contribution is 0.0755. The molecule has 1 aromatic heterocycles. The Balaban J connectivity index is 1.73. The van der Waals surface area contributed by atoms with Gasteiger partial charge in [0.05, 0.1) is 7.11 Å². The van der Waals surface area contributed by atoms with Gasteiger partial charge in [0.1, 0.15) is 16.5 Å². The van der Waals surface area contributed by atoms with E-state index in [0.29, 0.717) is 11.6 Å². The van der Waals surface area contributed by atoms with Crippen molar-refractivity contribution in [3.63, 3.8) is 0 Å². The number of benzene rings is 1. The number of carbonyl (C=O) groups excluding carboxylic acids is 1. The van der Waals surface area contributed by atoms with Gasteiger partial charge in [-0.1, -0.05) is 6.92 Å². The normalized spacial score (nSPS) is 18.5. The summed E-state index contributed by atoms with van der Waals surface area (Å²) in [6.07, 6.45) is 3.38. The molecule has 1 atom stereocenters. The fourth-order valence-electron chi connectivity index (χ4n) is 2.87. The molecular weight excluding hydrogens is 308 g/mol. The van der Waals surface area contributed by atoms with E-state index >= 15 is 0 Å². The van der Waals surface area contributed by atoms with Gasteiger partial charge >= 0.3 is 0 Å². The molecule has 23 heavy (non-hydrogen) atoms. The zero-order valence-corrected chi connectivity index (χ0v) is 14.4. The summed E-state index contributed by atoms with van der Waals surface area (Å²) in [5.41, 5.74) is 1.58. The average molecular weight is 330 g/mol. The highest BCUT2D eigenvalue weighted by Gasteiger charge is 2.22. The molecular formula is C18H22N2O2S. The summed E-state index contributed by atoms with van der Waals surface area (Å²) >= 11 is 1.51. The second-order valence-corrected chi connectivity index (χ2v) is 6.95. The molecule has 0 N–H and O–H groups in total. The van der Waals surface area contributed by atoms with Crippen LogP contribution in [0, 0.1) is 5.92 Å². The molecule has 0 spiro atoms. The van der Waals surface area contributed by atoms with Gasteiger partial charge in [0.15, 0.2) is 0 Å². The summed E-state index contributed by atoms with van der Waals surface area (Å²) in [5, 5.41) is 2.75. The van der Waals surface area contributed by atoms with Crippen molar-refractivity contribution in [2.24, 2.45) is 5.92 Å². The zero-order chi connectivity index (χ0) is 16.2. The summed E-state index contributed by atoms with van der Waals surface area (Å²) in [7, 11) is 1.65. The highest BCUT2D eigenvalue weighted by Crippen LogP contribution is 2.26. The van der Waals surface area contributed by atoms with Gasteiger partial charge < -0.3 is 9.64 Å². The van der Waals surface area contributed by atoms with Crippen LogP contribution < -0.4 is 4.74 Å². The van der Waals surface area contributed by atoms with Crippen LogP contribution in [0.15, 0.2) is 29.6 Å². The van der Waals surface area contributed by atoms with E-state index in [0.717, 1.165) is 42.3 Å². The third-order valence-corrected chi connectivity index (χ3v) is 5.26. The van der Waals surface area contributed by atoms with Crippen LogP contribution in [0.3, 0.4) is 0 Å². The van der Waals surface area contributed by atoms with Gasteiger partial charge in [0, 0.05) is 24.0 Å². The van der Waals surface area contributed by atoms with Crippen molar-refractivity contribution in [2.75, 3.05) is 20.2 Å². The van der Waals surface area contributed by atoms with E-state index in [1.807, 2.05) is 34.5 Å². The number of methoxy groups -OCH3 is 1. The molecule has 1 saturated heterocycles. The van der Waals surface area contributed by atoms with Crippen LogP contribution >= 0.6 is 11.3 Å². The van der Waals surface area contributed by atoms with E-state index in [9.17, 15) is 4.79 Å². The van der Waals surface area contributed by atoms with Gasteiger partial charge in [-0.05, 0) is 49.4 Å². The lowest BCUT2D eigenvalue weighted by atomic mass is 10.0. The predicted molar refractivity (Wildman–Crippen MR) is 93.0 cm³/mol. The highest BCUT2D eigenvalue weighted by atomic mass is 32.1. The van der Waals surface area contributed by atoms with E-state index < -0.39 is 0 Å². The highest BCUT2D eigenvalue weighted by molar-refractivity contribution is 7.13. The van der Waals surface area contributed by atoms with Gasteiger partial charge in [-0.2, -0.15) is 0 Å². The predicted octanol–water partition coefficient (Wildman–Crippen LogP) is 4.08. The SMILES string of the molecule is COc1ccc(-c2nc(C(=O)N3CCCC(C)CC3)cs2)cc1. The summed E-state index contributed by atoms with van der Waals surface area (Å²) in [4.78, 5) is 19.2. The number of likely N-dealkylation sites (tertiary alicyclic amines) is 1. The van der Waals surface area contributed by atoms with E-state index in [4.69, 9.17) is 4.74 Å². The van der Waals surface area contributed by atoms with Crippen molar-refractivity contribution in [2.45, 2.75) is 26.2 Å². The first kappa shape index (κ1) is 16.0. The third kappa shape index (κ3) is 3.72. The smallest absolute Gasteiger partial charge is 0.273 e. The topological polar surface area (TPSA) is 42.4 Å². The first-order chi connectivity index (χ1) is 11.2. The number of amides is 1. The Labute approximate surface area is 141 Å². The Bertz CT molecular complexity index is 666. The van der Waals surface area contributed by atoms with Gasteiger partial charge in [-0.25, -0.2) is 4.98 Å². The van der Waals surface area contributed by atoms with Crippen LogP contribution in [0.25, 0.3) is 10.6 Å². The number of hydrogen-bond donors (Lipinski definition) is 0. The quantitative estimate of drug-likeness (QED) is 0.851. The number of thiazole rings is 1. The van der Waals surface area contributed by atoms with Crippen LogP contribution in [0.2, 0.25) is 0 Å². The van der Waals surface area contributed by atoms with Crippen LogP contribution in [0.4, 0.5) is 0 Å². The Kier molecular flexibility index (Phi) is 4.96. The van der Waals surface area contributed by atoms with Crippen molar-refractivity contribution >= 4 is 17.2 Å². The van der Waals surface area contributed by atoms with E-state index in [1.165, 1.54) is 17.8 Å². The van der Waals surface area contributed by atoms with E-state index in [2.05, 4.69) is 11.9 Å². The maximum absolute atomic E-state index is 12.7. The van der Waals surface area contributed by atoms with E-state index in [-0.39, 0.29) is 5.91 Å². The van der Waals surface area contributed by atoms with E-state index in [1.54, 1.807) is 7.11 Å². The van der Waals surface area contributed by atoms with Crippen LogP contribution in [0.1, 0.15) is 36.7 Å². The minimum Gasteiger partial charge on any atom is -0.497 e. The Hall–Kier alpha value is -1.88. The molecule has 3 rings (SSSR count). The summed E-state index contributed by atoms with van der Waals surface area (Å²) in [5.74, 6) is 1.59. The molecule has 4 nitrogen and oxygen atoms in total. The number of rotatable bonds is 3. The number of ether oxygens (including phenoxy) is 1. The largest absolute Gasteiger partial charge is 0.497 e. The maximum Gasteiger partial charge on any atom is 0.273 e. The zero-order valence-electron chi connectivity index (χ0n) is 13.6. The molecule has 1 amide bonds. The molecule has 2 aromatic rings. The van der Waals surface area contributed by atoms with Crippen molar-refractivity contribution in [3.8, 4) is 16.3 Å². The van der Waals surface area contributed by atoms with Crippen molar-refractivity contribution < 1.29 is 9.53 Å². The Morgan fingerprint density at radius 2 is 2.04 bits per heavy atom. The van der Waals surface area contributed by atoms with Gasteiger partial charge in [-0.3, -0.25) is 4.79 Å². The second kappa shape index (κ2) is 7.13. The second-order valence-electron chi connectivity index (χ2n) is 6.09. The summed E-state index contributed by atoms with van der Waals surface area (Å²) in [6, 6.07) is 7.77. The first-order valence-electron chi connectivity index (χ1n) is 8.06. The summed E-state index contributed by atoms with van der Waals surface area (Å²) in [6.45, 7) is 3.95. The summed E-state index contributed by atoms with van der Waals surface area (Å²) < 4.78 is 5.17. The molecule has 1 fully saturated rings. The third-order valence-electron chi connectivity index (χ3n) is 4.36. The molecule has 2 heterocycles. The minimum atomic E-state index is 0.0649. The molecule has 0 saturated carbocycles. The molecule has 0 aliphatic carbocycles. The molecule has 1 aromatic carbocycles. The van der Waals surface area contributed by atoms with Gasteiger partial charge in [0.25, 0.3) is 5.91 Å². The standard InChI is InChI=1S/C18H22N2O2S/c1-13-4-3-10-20(11-9-13)18(21)16-12-23-17(19-16)14-5-7-15(22-2)8-6-14/h5-8,12-13H,3-4,9-11H2,1-2H3. The minimum absolute atomic E-state index is 0.0649. The number of hydrogen-bond acceptors (Lipinski definition) is 4. The number of carbonyl (C=O) groups is 1. The fraction of sp³-hybridized carbons (Fsp3) is 0.444. The molecule has 122 valence electrons. The van der Waals surface area contributed by atoms with Crippen molar-refractivity contribution in [3.05, 3.63) is 35.3 Å². The number of aromatic nitrogens is 1. The number of nitrogens with zero attached hydrogens (tertiary/aromatic N) is 2. The molecule has 1 unspecified atom stereocenters. The van der Waals surface area contributed by atoms with Crippen LogP contribution in [0.5, 0.6) is 5.75 Å². The lowest BCUT2D eigenvalue weighted by Gasteiger charge is -2.19. The molecule has 1 aliphatic heterocycles. The maximum atomic E-state index is 12.7. The van der Waals surface area contributed by atoms with Crippen molar-refractivity contribution in [1.82, 2.24) is 9.88 Å². The van der Waals surface area contributed by atoms with Crippen LogP contribution in [-0.2, 0) is 0 Å². The Morgan fingerprint density at radius 1 is 1.26 bits per heavy atom. The fourth-order valence-corrected chi connectivity index (χ4v) is 3.67. The molecule has 5 heteroatoms. The van der Waals surface area contributed by atoms with Gasteiger partial charge in [-0.15, -0.1) is 11.3 Å². The van der Waals surface area contributed by atoms with Crippen LogP contribution in [-0.4, -0.2) is 36.0 Å². The lowest BCUT2D eigenvalue weighted by Crippen LogP contribution is -2.32. The first-order valence-corrected chi connectivity index (χ1v) is 8.94.